The molecule has 0 fully saturated rings. The molecule has 0 saturated heterocycles. The van der Waals surface area contributed by atoms with Gasteiger partial charge in [-0.05, 0) is 49.6 Å². The van der Waals surface area contributed by atoms with E-state index in [0.29, 0.717) is 6.04 Å². The van der Waals surface area contributed by atoms with Crippen LogP contribution in [0.25, 0.3) is 11.3 Å². The van der Waals surface area contributed by atoms with Gasteiger partial charge in [-0.2, -0.15) is 0 Å². The molecule has 1 heterocycles. The van der Waals surface area contributed by atoms with Crippen molar-refractivity contribution in [3.05, 3.63) is 83.1 Å². The number of hydrogen-bond acceptors (Lipinski definition) is 2. The average Bonchev–Trinajstić information content (AvgIpc) is 3.08. The van der Waals surface area contributed by atoms with Gasteiger partial charge in [0.15, 0.2) is 0 Å². The van der Waals surface area contributed by atoms with Gasteiger partial charge < -0.3 is 9.73 Å². The van der Waals surface area contributed by atoms with E-state index < -0.39 is 0 Å². The monoisotopic (exact) mass is 339 g/mol. The smallest absolute Gasteiger partial charge is 0.134 e. The second-order valence-corrected chi connectivity index (χ2v) is 6.52. The minimum Gasteiger partial charge on any atom is -0.460 e. The molecule has 0 aliphatic heterocycles. The summed E-state index contributed by atoms with van der Waals surface area (Å²) < 4.78 is 5.92. The van der Waals surface area contributed by atoms with Crippen molar-refractivity contribution in [3.63, 3.8) is 0 Å². The van der Waals surface area contributed by atoms with Crippen LogP contribution in [0.1, 0.15) is 24.7 Å². The lowest BCUT2D eigenvalue weighted by molar-refractivity contribution is 0.449. The summed E-state index contributed by atoms with van der Waals surface area (Å²) in [6, 6.07) is 22.8. The van der Waals surface area contributed by atoms with Crippen LogP contribution in [0, 0.1) is 0 Å². The van der Waals surface area contributed by atoms with Crippen molar-refractivity contribution >= 4 is 11.6 Å². The molecule has 1 atom stereocenters. The number of furan rings is 1. The molecule has 24 heavy (non-hydrogen) atoms. The van der Waals surface area contributed by atoms with E-state index in [4.69, 9.17) is 16.0 Å². The molecule has 0 unspecified atom stereocenters. The lowest BCUT2D eigenvalue weighted by atomic mass is 10.1. The van der Waals surface area contributed by atoms with Crippen molar-refractivity contribution < 1.29 is 4.42 Å². The third-order valence-corrected chi connectivity index (χ3v) is 4.34. The molecule has 0 spiro atoms. The third-order valence-electron chi connectivity index (χ3n) is 4.10. The summed E-state index contributed by atoms with van der Waals surface area (Å²) in [7, 11) is 0. The second-order valence-electron chi connectivity index (χ2n) is 6.08. The number of rotatable bonds is 7. The van der Waals surface area contributed by atoms with Gasteiger partial charge in [-0.15, -0.1) is 0 Å². The summed E-state index contributed by atoms with van der Waals surface area (Å²) in [5, 5.41) is 4.25. The Bertz CT molecular complexity index is 766. The summed E-state index contributed by atoms with van der Waals surface area (Å²) in [5.74, 6) is 1.79. The molecule has 0 bridgehead atoms. The van der Waals surface area contributed by atoms with E-state index >= 15 is 0 Å². The Hall–Kier alpha value is -2.03. The summed E-state index contributed by atoms with van der Waals surface area (Å²) in [6.07, 6.45) is 2.19. The summed E-state index contributed by atoms with van der Waals surface area (Å²) in [5.41, 5.74) is 2.39. The highest BCUT2D eigenvalue weighted by atomic mass is 35.5. The third kappa shape index (κ3) is 4.73. The first kappa shape index (κ1) is 16.8. The zero-order valence-electron chi connectivity index (χ0n) is 13.8. The Morgan fingerprint density at radius 2 is 1.83 bits per heavy atom. The fourth-order valence-electron chi connectivity index (χ4n) is 2.67. The van der Waals surface area contributed by atoms with Crippen molar-refractivity contribution in [2.75, 3.05) is 0 Å². The first-order valence-corrected chi connectivity index (χ1v) is 8.70. The second kappa shape index (κ2) is 8.18. The van der Waals surface area contributed by atoms with Crippen molar-refractivity contribution in [3.8, 4) is 11.3 Å². The van der Waals surface area contributed by atoms with Gasteiger partial charge in [-0.3, -0.25) is 0 Å². The van der Waals surface area contributed by atoms with Crippen LogP contribution in [0.4, 0.5) is 0 Å². The van der Waals surface area contributed by atoms with Gasteiger partial charge in [0.1, 0.15) is 11.5 Å². The number of aryl methyl sites for hydroxylation is 1. The van der Waals surface area contributed by atoms with Crippen LogP contribution >= 0.6 is 11.6 Å². The van der Waals surface area contributed by atoms with Crippen LogP contribution in [-0.4, -0.2) is 6.04 Å². The normalized spacial score (nSPS) is 12.2. The van der Waals surface area contributed by atoms with Crippen LogP contribution in [-0.2, 0) is 13.0 Å². The van der Waals surface area contributed by atoms with Crippen LogP contribution in [0.15, 0.2) is 71.1 Å². The van der Waals surface area contributed by atoms with Crippen LogP contribution in [0.3, 0.4) is 0 Å². The highest BCUT2D eigenvalue weighted by molar-refractivity contribution is 6.30. The molecular weight excluding hydrogens is 318 g/mol. The first-order chi connectivity index (χ1) is 11.7. The molecular formula is C21H22ClNO. The van der Waals surface area contributed by atoms with Crippen molar-refractivity contribution in [2.45, 2.75) is 32.4 Å². The van der Waals surface area contributed by atoms with Crippen molar-refractivity contribution in [2.24, 2.45) is 0 Å². The number of nitrogens with one attached hydrogen (secondary N) is 1. The zero-order valence-corrected chi connectivity index (χ0v) is 14.6. The average molecular weight is 340 g/mol. The molecule has 1 N–H and O–H groups in total. The van der Waals surface area contributed by atoms with Gasteiger partial charge >= 0.3 is 0 Å². The van der Waals surface area contributed by atoms with Gasteiger partial charge in [-0.1, -0.05) is 54.1 Å². The lowest BCUT2D eigenvalue weighted by Gasteiger charge is -2.12. The van der Waals surface area contributed by atoms with Gasteiger partial charge in [-0.25, -0.2) is 0 Å². The summed E-state index contributed by atoms with van der Waals surface area (Å²) in [6.45, 7) is 2.94. The molecule has 0 aliphatic rings. The van der Waals surface area contributed by atoms with Crippen LogP contribution < -0.4 is 5.32 Å². The maximum atomic E-state index is 6.04. The topological polar surface area (TPSA) is 25.2 Å². The molecule has 2 nitrogen and oxygen atoms in total. The summed E-state index contributed by atoms with van der Waals surface area (Å²) in [4.78, 5) is 0. The van der Waals surface area contributed by atoms with Crippen molar-refractivity contribution in [1.29, 1.82) is 0 Å². The SMILES string of the molecule is C[C@H](CCc1ccccc1)NCc1ccc(-c2cccc(Cl)c2)o1. The van der Waals surface area contributed by atoms with E-state index in [1.54, 1.807) is 0 Å². The fraction of sp³-hybridized carbons (Fsp3) is 0.238. The maximum Gasteiger partial charge on any atom is 0.134 e. The van der Waals surface area contributed by atoms with Crippen LogP contribution in [0.2, 0.25) is 5.02 Å². The molecule has 0 saturated carbocycles. The molecule has 124 valence electrons. The van der Waals surface area contributed by atoms with E-state index in [1.807, 2.05) is 36.4 Å². The predicted octanol–water partition coefficient (Wildman–Crippen LogP) is 5.71. The molecule has 1 aromatic heterocycles. The van der Waals surface area contributed by atoms with Gasteiger partial charge in [0.25, 0.3) is 0 Å². The maximum absolute atomic E-state index is 6.04. The van der Waals surface area contributed by atoms with E-state index in [0.717, 1.165) is 41.5 Å². The fourth-order valence-corrected chi connectivity index (χ4v) is 2.86. The minimum atomic E-state index is 0.435. The van der Waals surface area contributed by atoms with E-state index in [-0.39, 0.29) is 0 Å². The quantitative estimate of drug-likeness (QED) is 0.596. The number of halogens is 1. The zero-order chi connectivity index (χ0) is 16.8. The van der Waals surface area contributed by atoms with E-state index in [2.05, 4.69) is 42.6 Å². The minimum absolute atomic E-state index is 0.435. The Balaban J connectivity index is 1.50. The largest absolute Gasteiger partial charge is 0.460 e. The predicted molar refractivity (Wildman–Crippen MR) is 100 cm³/mol. The van der Waals surface area contributed by atoms with E-state index in [9.17, 15) is 0 Å². The molecule has 0 amide bonds. The van der Waals surface area contributed by atoms with Gasteiger partial charge in [0.05, 0.1) is 6.54 Å². The molecule has 0 radical (unpaired) electrons. The Labute approximate surface area is 148 Å². The van der Waals surface area contributed by atoms with E-state index in [1.165, 1.54) is 5.56 Å². The Morgan fingerprint density at radius 1 is 1.00 bits per heavy atom. The lowest BCUT2D eigenvalue weighted by Crippen LogP contribution is -2.25. The number of hydrogen-bond donors (Lipinski definition) is 1. The Morgan fingerprint density at radius 3 is 2.62 bits per heavy atom. The molecule has 3 rings (SSSR count). The number of benzene rings is 2. The molecule has 2 aromatic carbocycles. The highest BCUT2D eigenvalue weighted by Gasteiger charge is 2.07. The van der Waals surface area contributed by atoms with Crippen molar-refractivity contribution in [1.82, 2.24) is 5.32 Å². The molecule has 3 heteroatoms. The van der Waals surface area contributed by atoms with Gasteiger partial charge in [0.2, 0.25) is 0 Å². The molecule has 0 aliphatic carbocycles. The standard InChI is InChI=1S/C21H22ClNO/c1-16(10-11-17-6-3-2-4-7-17)23-15-20-12-13-21(24-20)18-8-5-9-19(22)14-18/h2-9,12-14,16,23H,10-11,15H2,1H3/t16-/m1/s1. The summed E-state index contributed by atoms with van der Waals surface area (Å²) >= 11 is 6.04. The van der Waals surface area contributed by atoms with Crippen LogP contribution in [0.5, 0.6) is 0 Å². The van der Waals surface area contributed by atoms with Gasteiger partial charge in [0, 0.05) is 16.6 Å². The first-order valence-electron chi connectivity index (χ1n) is 8.32. The highest BCUT2D eigenvalue weighted by Crippen LogP contribution is 2.24. The molecule has 3 aromatic rings. The Kier molecular flexibility index (Phi) is 5.73.